The number of non-ortho nitro benzene ring substituents is 1. The van der Waals surface area contributed by atoms with Gasteiger partial charge in [-0.05, 0) is 48.7 Å². The third-order valence-electron chi connectivity index (χ3n) is 4.31. The first-order valence-corrected chi connectivity index (χ1v) is 9.88. The normalized spacial score (nSPS) is 11.2. The van der Waals surface area contributed by atoms with Gasteiger partial charge >= 0.3 is 0 Å². The number of phenolic OH excluding ortho intramolecular Hbond substituents is 1. The summed E-state index contributed by atoms with van der Waals surface area (Å²) in [6.45, 7) is 1.62. The molecule has 8 heteroatoms. The average Bonchev–Trinajstić information content (AvgIpc) is 2.66. The predicted molar refractivity (Wildman–Crippen MR) is 106 cm³/mol. The number of hydrogen-bond acceptors (Lipinski definition) is 5. The predicted octanol–water partition coefficient (Wildman–Crippen LogP) is 4.00. The molecular weight excluding hydrogens is 380 g/mol. The van der Waals surface area contributed by atoms with Crippen molar-refractivity contribution < 1.29 is 18.4 Å². The number of hydrogen-bond donors (Lipinski definition) is 2. The first kappa shape index (κ1) is 19.4. The van der Waals surface area contributed by atoms with Crippen LogP contribution in [0.5, 0.6) is 5.75 Å². The maximum absolute atomic E-state index is 12.7. The summed E-state index contributed by atoms with van der Waals surface area (Å²) in [6, 6.07) is 17.2. The fourth-order valence-electron chi connectivity index (χ4n) is 2.73. The summed E-state index contributed by atoms with van der Waals surface area (Å²) >= 11 is 0. The van der Waals surface area contributed by atoms with E-state index >= 15 is 0 Å². The largest absolute Gasteiger partial charge is 0.508 e. The van der Waals surface area contributed by atoms with Crippen LogP contribution in [0.3, 0.4) is 0 Å². The molecule has 0 aliphatic heterocycles. The highest BCUT2D eigenvalue weighted by atomic mass is 32.2. The molecule has 28 heavy (non-hydrogen) atoms. The second kappa shape index (κ2) is 7.69. The lowest BCUT2D eigenvalue weighted by molar-refractivity contribution is -0.384. The van der Waals surface area contributed by atoms with E-state index < -0.39 is 14.9 Å². The molecule has 0 unspecified atom stereocenters. The standard InChI is InChI=1S/C20H18N2O5S/c1-14-19(6-3-7-20(14)23)21-28(26,27)18-5-2-4-16(13-18)12-15-8-10-17(11-9-15)22(24)25/h2-11,13,21,23H,12H2,1H3. The lowest BCUT2D eigenvalue weighted by Gasteiger charge is -2.12. The van der Waals surface area contributed by atoms with Crippen molar-refractivity contribution in [2.24, 2.45) is 0 Å². The molecule has 0 saturated carbocycles. The Morgan fingerprint density at radius 1 is 1.00 bits per heavy atom. The van der Waals surface area contributed by atoms with E-state index in [1.54, 1.807) is 49.4 Å². The summed E-state index contributed by atoms with van der Waals surface area (Å²) in [4.78, 5) is 10.4. The van der Waals surface area contributed by atoms with Crippen molar-refractivity contribution in [1.82, 2.24) is 0 Å². The van der Waals surface area contributed by atoms with Crippen molar-refractivity contribution in [2.75, 3.05) is 4.72 Å². The Kier molecular flexibility index (Phi) is 5.32. The van der Waals surface area contributed by atoms with Gasteiger partial charge in [0, 0.05) is 17.7 Å². The van der Waals surface area contributed by atoms with E-state index in [2.05, 4.69) is 4.72 Å². The summed E-state index contributed by atoms with van der Waals surface area (Å²) in [5, 5.41) is 20.5. The Morgan fingerprint density at radius 2 is 1.68 bits per heavy atom. The Hall–Kier alpha value is -3.39. The van der Waals surface area contributed by atoms with Crippen LogP contribution in [0.15, 0.2) is 71.6 Å². The minimum Gasteiger partial charge on any atom is -0.508 e. The van der Waals surface area contributed by atoms with Gasteiger partial charge in [-0.2, -0.15) is 0 Å². The number of benzene rings is 3. The molecule has 3 rings (SSSR count). The first-order valence-electron chi connectivity index (χ1n) is 8.40. The first-order chi connectivity index (χ1) is 13.3. The zero-order chi connectivity index (χ0) is 20.3. The molecule has 0 heterocycles. The summed E-state index contributed by atoms with van der Waals surface area (Å²) in [7, 11) is -3.84. The SMILES string of the molecule is Cc1c(O)cccc1NS(=O)(=O)c1cccc(Cc2ccc([N+](=O)[O-])cc2)c1. The quantitative estimate of drug-likeness (QED) is 0.482. The van der Waals surface area contributed by atoms with Gasteiger partial charge in [0.25, 0.3) is 15.7 Å². The molecular formula is C20H18N2O5S. The number of rotatable bonds is 6. The highest BCUT2D eigenvalue weighted by Gasteiger charge is 2.17. The molecule has 3 aromatic carbocycles. The summed E-state index contributed by atoms with van der Waals surface area (Å²) in [5.41, 5.74) is 2.33. The van der Waals surface area contributed by atoms with Crippen molar-refractivity contribution in [3.05, 3.63) is 93.5 Å². The smallest absolute Gasteiger partial charge is 0.269 e. The number of nitro groups is 1. The van der Waals surface area contributed by atoms with E-state index in [4.69, 9.17) is 0 Å². The number of anilines is 1. The lowest BCUT2D eigenvalue weighted by atomic mass is 10.0. The molecule has 0 saturated heterocycles. The molecule has 0 aliphatic rings. The highest BCUT2D eigenvalue weighted by molar-refractivity contribution is 7.92. The third kappa shape index (κ3) is 4.29. The van der Waals surface area contributed by atoms with E-state index in [1.807, 2.05) is 0 Å². The molecule has 0 fully saturated rings. The van der Waals surface area contributed by atoms with Crippen molar-refractivity contribution in [2.45, 2.75) is 18.2 Å². The Balaban J connectivity index is 1.83. The molecule has 0 aliphatic carbocycles. The van der Waals surface area contributed by atoms with Gasteiger partial charge in [-0.3, -0.25) is 14.8 Å². The van der Waals surface area contributed by atoms with Gasteiger partial charge < -0.3 is 5.11 Å². The Morgan fingerprint density at radius 3 is 2.36 bits per heavy atom. The lowest BCUT2D eigenvalue weighted by Crippen LogP contribution is -2.14. The van der Waals surface area contributed by atoms with Crippen LogP contribution in [0.2, 0.25) is 0 Å². The molecule has 0 radical (unpaired) electrons. The van der Waals surface area contributed by atoms with Crippen LogP contribution in [0.25, 0.3) is 0 Å². The number of nitrogens with one attached hydrogen (secondary N) is 1. The van der Waals surface area contributed by atoms with Gasteiger partial charge in [0.1, 0.15) is 5.75 Å². The zero-order valence-electron chi connectivity index (χ0n) is 15.0. The van der Waals surface area contributed by atoms with Crippen molar-refractivity contribution in [3.8, 4) is 5.75 Å². The number of nitrogens with zero attached hydrogens (tertiary/aromatic N) is 1. The molecule has 144 valence electrons. The maximum atomic E-state index is 12.7. The highest BCUT2D eigenvalue weighted by Crippen LogP contribution is 2.26. The van der Waals surface area contributed by atoms with Crippen LogP contribution < -0.4 is 4.72 Å². The second-order valence-corrected chi connectivity index (χ2v) is 7.99. The molecule has 0 atom stereocenters. The van der Waals surface area contributed by atoms with Crippen LogP contribution in [0.4, 0.5) is 11.4 Å². The van der Waals surface area contributed by atoms with E-state index in [-0.39, 0.29) is 16.3 Å². The van der Waals surface area contributed by atoms with Crippen LogP contribution >= 0.6 is 0 Å². The summed E-state index contributed by atoms with van der Waals surface area (Å²) in [5.74, 6) is 0.00659. The minimum atomic E-state index is -3.84. The Labute approximate surface area is 162 Å². The van der Waals surface area contributed by atoms with Gasteiger partial charge in [0.05, 0.1) is 15.5 Å². The summed E-state index contributed by atoms with van der Waals surface area (Å²) in [6.07, 6.45) is 0.437. The molecule has 3 aromatic rings. The molecule has 2 N–H and O–H groups in total. The fraction of sp³-hybridized carbons (Fsp3) is 0.100. The monoisotopic (exact) mass is 398 g/mol. The number of nitro benzene ring substituents is 1. The molecule has 7 nitrogen and oxygen atoms in total. The van der Waals surface area contributed by atoms with E-state index in [1.165, 1.54) is 24.3 Å². The fourth-order valence-corrected chi connectivity index (χ4v) is 3.92. The van der Waals surface area contributed by atoms with Gasteiger partial charge in [-0.25, -0.2) is 8.42 Å². The van der Waals surface area contributed by atoms with Gasteiger partial charge in [0.2, 0.25) is 0 Å². The van der Waals surface area contributed by atoms with Gasteiger partial charge in [-0.15, -0.1) is 0 Å². The second-order valence-electron chi connectivity index (χ2n) is 6.30. The number of phenols is 1. The average molecular weight is 398 g/mol. The van der Waals surface area contributed by atoms with Crippen LogP contribution in [-0.2, 0) is 16.4 Å². The Bertz CT molecular complexity index is 1130. The minimum absolute atomic E-state index is 0.00534. The number of sulfonamides is 1. The molecule has 0 amide bonds. The topological polar surface area (TPSA) is 110 Å². The molecule has 0 bridgehead atoms. The van der Waals surface area contributed by atoms with Gasteiger partial charge in [0.15, 0.2) is 0 Å². The van der Waals surface area contributed by atoms with Crippen LogP contribution in [0, 0.1) is 17.0 Å². The van der Waals surface area contributed by atoms with Crippen molar-refractivity contribution in [1.29, 1.82) is 0 Å². The van der Waals surface area contributed by atoms with E-state index in [9.17, 15) is 23.6 Å². The van der Waals surface area contributed by atoms with Crippen molar-refractivity contribution >= 4 is 21.4 Å². The summed E-state index contributed by atoms with van der Waals surface area (Å²) < 4.78 is 27.9. The van der Waals surface area contributed by atoms with Crippen LogP contribution in [-0.4, -0.2) is 18.4 Å². The van der Waals surface area contributed by atoms with E-state index in [0.717, 1.165) is 11.1 Å². The maximum Gasteiger partial charge on any atom is 0.269 e. The number of aromatic hydroxyl groups is 1. The van der Waals surface area contributed by atoms with E-state index in [0.29, 0.717) is 17.7 Å². The third-order valence-corrected chi connectivity index (χ3v) is 5.68. The molecule has 0 aromatic heterocycles. The van der Waals surface area contributed by atoms with Gasteiger partial charge in [-0.1, -0.05) is 30.3 Å². The molecule has 0 spiro atoms. The zero-order valence-corrected chi connectivity index (χ0v) is 15.8. The van der Waals surface area contributed by atoms with Crippen molar-refractivity contribution in [3.63, 3.8) is 0 Å². The van der Waals surface area contributed by atoms with Crippen LogP contribution in [0.1, 0.15) is 16.7 Å².